The predicted molar refractivity (Wildman–Crippen MR) is 113 cm³/mol. The summed E-state index contributed by atoms with van der Waals surface area (Å²) in [5, 5.41) is 9.87. The van der Waals surface area contributed by atoms with Crippen molar-refractivity contribution in [3.63, 3.8) is 0 Å². The highest BCUT2D eigenvalue weighted by molar-refractivity contribution is 7.98. The monoisotopic (exact) mass is 408 g/mol. The fourth-order valence-electron chi connectivity index (χ4n) is 6.64. The second-order valence-electron chi connectivity index (χ2n) is 10.2. The zero-order valence-electron chi connectivity index (χ0n) is 17.3. The van der Waals surface area contributed by atoms with Crippen molar-refractivity contribution in [2.24, 2.45) is 35.3 Å². The standard InChI is InChI=1S/C22H37FN4S/c1-22(25)8-10-27(14-22)13-17-3-2-4-18(21(17)20-7-9-26-28-20)15-5-6-16(12-24)19(23)11-15/h15-21,26H,2-11,13-14,25H2,1H3/t15?,16?,17?,18?,19?,20?,21?,22-/m0/s1. The van der Waals surface area contributed by atoms with Gasteiger partial charge in [-0.15, -0.1) is 0 Å². The van der Waals surface area contributed by atoms with Crippen molar-refractivity contribution in [2.45, 2.75) is 75.3 Å². The van der Waals surface area contributed by atoms with Gasteiger partial charge in [-0.25, -0.2) is 4.39 Å². The Morgan fingerprint density at radius 2 is 2.14 bits per heavy atom. The van der Waals surface area contributed by atoms with Crippen molar-refractivity contribution in [1.82, 2.24) is 9.62 Å². The molecule has 7 unspecified atom stereocenters. The fourth-order valence-corrected chi connectivity index (χ4v) is 7.91. The van der Waals surface area contributed by atoms with Gasteiger partial charge in [0.15, 0.2) is 0 Å². The zero-order valence-corrected chi connectivity index (χ0v) is 18.1. The molecule has 4 aliphatic rings. The molecule has 4 fully saturated rings. The molecule has 2 aliphatic carbocycles. The molecule has 6 heteroatoms. The quantitative estimate of drug-likeness (QED) is 0.694. The highest BCUT2D eigenvalue weighted by Crippen LogP contribution is 2.50. The predicted octanol–water partition coefficient (Wildman–Crippen LogP) is 3.73. The number of nitriles is 1. The number of nitrogens with one attached hydrogen (secondary N) is 1. The van der Waals surface area contributed by atoms with Crippen LogP contribution in [0.1, 0.15) is 58.3 Å². The lowest BCUT2D eigenvalue weighted by molar-refractivity contribution is 0.0338. The molecular weight excluding hydrogens is 371 g/mol. The minimum atomic E-state index is -0.921. The lowest BCUT2D eigenvalue weighted by atomic mass is 9.61. The molecule has 28 heavy (non-hydrogen) atoms. The summed E-state index contributed by atoms with van der Waals surface area (Å²) in [6.45, 7) is 6.58. The van der Waals surface area contributed by atoms with E-state index in [1.54, 1.807) is 0 Å². The Morgan fingerprint density at radius 1 is 1.29 bits per heavy atom. The second kappa shape index (κ2) is 8.79. The van der Waals surface area contributed by atoms with Gasteiger partial charge in [-0.3, -0.25) is 4.72 Å². The van der Waals surface area contributed by atoms with E-state index in [2.05, 4.69) is 22.6 Å². The molecule has 0 aromatic carbocycles. The van der Waals surface area contributed by atoms with Crippen LogP contribution in [0, 0.1) is 40.9 Å². The maximum atomic E-state index is 14.6. The number of halogens is 1. The van der Waals surface area contributed by atoms with Crippen LogP contribution in [-0.4, -0.2) is 48.0 Å². The summed E-state index contributed by atoms with van der Waals surface area (Å²) in [6.07, 6.45) is 7.66. The first-order valence-corrected chi connectivity index (χ1v) is 12.3. The van der Waals surface area contributed by atoms with Crippen molar-refractivity contribution >= 4 is 11.9 Å². The van der Waals surface area contributed by atoms with Crippen LogP contribution in [0.25, 0.3) is 0 Å². The summed E-state index contributed by atoms with van der Waals surface area (Å²) in [4.78, 5) is 2.59. The van der Waals surface area contributed by atoms with Crippen LogP contribution in [0.4, 0.5) is 4.39 Å². The summed E-state index contributed by atoms with van der Waals surface area (Å²) in [7, 11) is 0. The molecule has 4 rings (SSSR count). The Morgan fingerprint density at radius 3 is 2.79 bits per heavy atom. The SMILES string of the molecule is C[C@]1(N)CCN(CC2CCCC(C3CCC(C#N)C(F)C3)C2C2CCNS2)C1. The van der Waals surface area contributed by atoms with Crippen LogP contribution in [0.2, 0.25) is 0 Å². The number of likely N-dealkylation sites (tertiary alicyclic amines) is 1. The molecule has 2 aliphatic heterocycles. The molecule has 2 saturated carbocycles. The Kier molecular flexibility index (Phi) is 6.57. The normalized spacial score (nSPS) is 47.9. The molecule has 158 valence electrons. The number of nitrogens with zero attached hydrogens (tertiary/aromatic N) is 2. The van der Waals surface area contributed by atoms with E-state index in [1.165, 1.54) is 25.7 Å². The first kappa shape index (κ1) is 20.9. The van der Waals surface area contributed by atoms with Crippen molar-refractivity contribution in [3.05, 3.63) is 0 Å². The Labute approximate surface area is 174 Å². The Bertz CT molecular complexity index is 573. The van der Waals surface area contributed by atoms with Gasteiger partial charge in [-0.05, 0) is 75.5 Å². The molecule has 4 nitrogen and oxygen atoms in total. The number of hydrogen-bond donors (Lipinski definition) is 2. The average Bonchev–Trinajstić information content (AvgIpc) is 3.31. The smallest absolute Gasteiger partial charge is 0.116 e. The third-order valence-corrected chi connectivity index (χ3v) is 9.23. The molecule has 2 saturated heterocycles. The van der Waals surface area contributed by atoms with Gasteiger partial charge in [-0.2, -0.15) is 5.26 Å². The molecule has 0 spiro atoms. The third-order valence-electron chi connectivity index (χ3n) is 8.01. The minimum Gasteiger partial charge on any atom is -0.324 e. The van der Waals surface area contributed by atoms with Gasteiger partial charge in [0.2, 0.25) is 0 Å². The van der Waals surface area contributed by atoms with Crippen LogP contribution in [-0.2, 0) is 0 Å². The highest BCUT2D eigenvalue weighted by atomic mass is 32.2. The van der Waals surface area contributed by atoms with Gasteiger partial charge in [0.05, 0.1) is 12.0 Å². The van der Waals surface area contributed by atoms with E-state index < -0.39 is 6.17 Å². The third kappa shape index (κ3) is 4.53. The number of hydrogen-bond acceptors (Lipinski definition) is 5. The molecule has 0 amide bonds. The van der Waals surface area contributed by atoms with Crippen LogP contribution < -0.4 is 10.5 Å². The van der Waals surface area contributed by atoms with Gasteiger partial charge >= 0.3 is 0 Å². The fraction of sp³-hybridized carbons (Fsp3) is 0.955. The van der Waals surface area contributed by atoms with Gasteiger partial charge in [0, 0.05) is 37.0 Å². The topological polar surface area (TPSA) is 65.1 Å². The molecule has 0 aromatic rings. The Hall–Kier alpha value is -0.350. The first-order chi connectivity index (χ1) is 13.5. The van der Waals surface area contributed by atoms with Crippen molar-refractivity contribution in [2.75, 3.05) is 26.2 Å². The van der Waals surface area contributed by atoms with Crippen molar-refractivity contribution in [1.29, 1.82) is 5.26 Å². The maximum absolute atomic E-state index is 14.6. The van der Waals surface area contributed by atoms with E-state index in [-0.39, 0.29) is 11.5 Å². The second-order valence-corrected chi connectivity index (χ2v) is 11.4. The number of alkyl halides is 1. The van der Waals surface area contributed by atoms with Crippen LogP contribution >= 0.6 is 11.9 Å². The maximum Gasteiger partial charge on any atom is 0.116 e. The summed E-state index contributed by atoms with van der Waals surface area (Å²) in [5.74, 6) is 2.10. The van der Waals surface area contributed by atoms with E-state index in [0.29, 0.717) is 35.3 Å². The van der Waals surface area contributed by atoms with Gasteiger partial charge < -0.3 is 10.6 Å². The molecular formula is C22H37FN4S. The van der Waals surface area contributed by atoms with Crippen molar-refractivity contribution in [3.8, 4) is 6.07 Å². The molecule has 0 radical (unpaired) electrons. The summed E-state index contributed by atoms with van der Waals surface area (Å²) in [5.41, 5.74) is 6.35. The summed E-state index contributed by atoms with van der Waals surface area (Å²) >= 11 is 1.94. The van der Waals surface area contributed by atoms with Crippen molar-refractivity contribution < 1.29 is 4.39 Å². The van der Waals surface area contributed by atoms with E-state index >= 15 is 0 Å². The van der Waals surface area contributed by atoms with Crippen LogP contribution in [0.15, 0.2) is 0 Å². The van der Waals surface area contributed by atoms with E-state index in [0.717, 1.165) is 45.4 Å². The lowest BCUT2D eigenvalue weighted by Gasteiger charge is -2.47. The van der Waals surface area contributed by atoms with Gasteiger partial charge in [0.25, 0.3) is 0 Å². The molecule has 0 aromatic heterocycles. The molecule has 0 bridgehead atoms. The molecule has 8 atom stereocenters. The van der Waals surface area contributed by atoms with Gasteiger partial charge in [-0.1, -0.05) is 18.4 Å². The zero-order chi connectivity index (χ0) is 19.7. The molecule has 3 N–H and O–H groups in total. The van der Waals surface area contributed by atoms with Crippen LogP contribution in [0.3, 0.4) is 0 Å². The largest absolute Gasteiger partial charge is 0.324 e. The summed E-state index contributed by atoms with van der Waals surface area (Å²) in [6, 6.07) is 2.20. The minimum absolute atomic E-state index is 0.0373. The van der Waals surface area contributed by atoms with Gasteiger partial charge in [0.1, 0.15) is 6.17 Å². The van der Waals surface area contributed by atoms with E-state index in [4.69, 9.17) is 5.73 Å². The lowest BCUT2D eigenvalue weighted by Crippen LogP contribution is -2.46. The number of rotatable bonds is 4. The Balaban J connectivity index is 1.48. The average molecular weight is 409 g/mol. The summed E-state index contributed by atoms with van der Waals surface area (Å²) < 4.78 is 18.1. The van der Waals surface area contributed by atoms with Crippen LogP contribution in [0.5, 0.6) is 0 Å². The van der Waals surface area contributed by atoms with E-state index in [9.17, 15) is 9.65 Å². The molecule has 2 heterocycles. The first-order valence-electron chi connectivity index (χ1n) is 11.4. The number of nitrogens with two attached hydrogens (primary N) is 1. The van der Waals surface area contributed by atoms with E-state index in [1.807, 2.05) is 11.9 Å². The highest BCUT2D eigenvalue weighted by Gasteiger charge is 2.46.